The van der Waals surface area contributed by atoms with Gasteiger partial charge in [-0.05, 0) is 50.7 Å². The Hall–Kier alpha value is -1.75. The molecule has 1 rings (SSSR count). The second-order valence-corrected chi connectivity index (χ2v) is 5.07. The predicted molar refractivity (Wildman–Crippen MR) is 90.3 cm³/mol. The Morgan fingerprint density at radius 2 is 1.77 bits per heavy atom. The maximum atomic E-state index is 11.7. The average molecular weight is 307 g/mol. The fourth-order valence-electron chi connectivity index (χ4n) is 2.16. The quantitative estimate of drug-likeness (QED) is 0.653. The molecule has 0 unspecified atom stereocenters. The summed E-state index contributed by atoms with van der Waals surface area (Å²) in [5.74, 6) is 0.854. The number of nitrogens with zero attached hydrogens (tertiary/aromatic N) is 1. The van der Waals surface area contributed by atoms with Gasteiger partial charge < -0.3 is 20.3 Å². The second kappa shape index (κ2) is 10.9. The zero-order valence-corrected chi connectivity index (χ0v) is 14.0. The van der Waals surface area contributed by atoms with Gasteiger partial charge in [-0.3, -0.25) is 0 Å². The third-order valence-corrected chi connectivity index (χ3v) is 3.52. The van der Waals surface area contributed by atoms with Crippen LogP contribution in [0.2, 0.25) is 0 Å². The van der Waals surface area contributed by atoms with E-state index in [1.165, 1.54) is 0 Å². The molecule has 2 amide bonds. The minimum atomic E-state index is -0.117. The average Bonchev–Trinajstić information content (AvgIpc) is 2.54. The van der Waals surface area contributed by atoms with Gasteiger partial charge in [0.05, 0.1) is 6.61 Å². The van der Waals surface area contributed by atoms with E-state index < -0.39 is 0 Å². The van der Waals surface area contributed by atoms with Crippen LogP contribution in [0.1, 0.15) is 32.8 Å². The fourth-order valence-corrected chi connectivity index (χ4v) is 2.16. The highest BCUT2D eigenvalue weighted by atomic mass is 16.5. The minimum absolute atomic E-state index is 0.117. The molecule has 0 aromatic heterocycles. The molecule has 0 saturated heterocycles. The van der Waals surface area contributed by atoms with E-state index >= 15 is 0 Å². The highest BCUT2D eigenvalue weighted by Crippen LogP contribution is 2.11. The van der Waals surface area contributed by atoms with Crippen molar-refractivity contribution in [3.8, 4) is 5.75 Å². The van der Waals surface area contributed by atoms with Crippen LogP contribution in [0.3, 0.4) is 0 Å². The topological polar surface area (TPSA) is 53.6 Å². The van der Waals surface area contributed by atoms with Crippen molar-refractivity contribution in [1.82, 2.24) is 15.5 Å². The van der Waals surface area contributed by atoms with E-state index in [1.807, 2.05) is 31.2 Å². The normalized spacial score (nSPS) is 10.5. The number of ether oxygens (including phenoxy) is 1. The van der Waals surface area contributed by atoms with Gasteiger partial charge in [0.15, 0.2) is 0 Å². The Morgan fingerprint density at radius 1 is 1.09 bits per heavy atom. The van der Waals surface area contributed by atoms with E-state index in [4.69, 9.17) is 4.74 Å². The predicted octanol–water partition coefficient (Wildman–Crippen LogP) is 2.62. The lowest BCUT2D eigenvalue weighted by atomic mass is 10.2. The number of nitrogens with one attached hydrogen (secondary N) is 2. The van der Waals surface area contributed by atoms with Crippen molar-refractivity contribution in [3.05, 3.63) is 29.8 Å². The molecule has 0 spiro atoms. The van der Waals surface area contributed by atoms with Crippen LogP contribution < -0.4 is 15.4 Å². The van der Waals surface area contributed by atoms with E-state index in [9.17, 15) is 4.79 Å². The van der Waals surface area contributed by atoms with Crippen LogP contribution >= 0.6 is 0 Å². The van der Waals surface area contributed by atoms with Gasteiger partial charge in [0, 0.05) is 13.1 Å². The summed E-state index contributed by atoms with van der Waals surface area (Å²) in [5.41, 5.74) is 1.06. The SMILES string of the molecule is CCOc1ccc(CNC(=O)NCCCN(CC)CC)cc1. The fraction of sp³-hybridized carbons (Fsp3) is 0.588. The smallest absolute Gasteiger partial charge is 0.315 e. The molecule has 0 fully saturated rings. The molecule has 0 atom stereocenters. The molecule has 1 aromatic rings. The van der Waals surface area contributed by atoms with Gasteiger partial charge in [-0.2, -0.15) is 0 Å². The molecule has 22 heavy (non-hydrogen) atoms. The summed E-state index contributed by atoms with van der Waals surface area (Å²) in [5, 5.41) is 5.75. The minimum Gasteiger partial charge on any atom is -0.494 e. The highest BCUT2D eigenvalue weighted by molar-refractivity contribution is 5.73. The molecule has 124 valence electrons. The Labute approximate surface area is 134 Å². The Bertz CT molecular complexity index is 416. The zero-order chi connectivity index (χ0) is 16.2. The van der Waals surface area contributed by atoms with Crippen molar-refractivity contribution in [3.63, 3.8) is 0 Å². The maximum absolute atomic E-state index is 11.7. The van der Waals surface area contributed by atoms with Crippen LogP contribution in [0.4, 0.5) is 4.79 Å². The van der Waals surface area contributed by atoms with Crippen LogP contribution in [0, 0.1) is 0 Å². The molecule has 5 heteroatoms. The van der Waals surface area contributed by atoms with E-state index in [-0.39, 0.29) is 6.03 Å². The van der Waals surface area contributed by atoms with E-state index in [2.05, 4.69) is 29.4 Å². The van der Waals surface area contributed by atoms with Crippen molar-refractivity contribution in [2.24, 2.45) is 0 Å². The van der Waals surface area contributed by atoms with Gasteiger partial charge >= 0.3 is 6.03 Å². The molecule has 0 bridgehead atoms. The standard InChI is InChI=1S/C17H29N3O2/c1-4-20(5-2)13-7-12-18-17(21)19-14-15-8-10-16(11-9-15)22-6-3/h8-11H,4-7,12-14H2,1-3H3,(H2,18,19,21). The van der Waals surface area contributed by atoms with Gasteiger partial charge in [0.25, 0.3) is 0 Å². The van der Waals surface area contributed by atoms with Crippen LogP contribution in [0.5, 0.6) is 5.75 Å². The van der Waals surface area contributed by atoms with Gasteiger partial charge in [0.2, 0.25) is 0 Å². The van der Waals surface area contributed by atoms with Gasteiger partial charge in [-0.15, -0.1) is 0 Å². The maximum Gasteiger partial charge on any atom is 0.315 e. The number of amides is 2. The third-order valence-electron chi connectivity index (χ3n) is 3.52. The van der Waals surface area contributed by atoms with Gasteiger partial charge in [0.1, 0.15) is 5.75 Å². The first-order valence-electron chi connectivity index (χ1n) is 8.15. The van der Waals surface area contributed by atoms with Crippen LogP contribution in [-0.4, -0.2) is 43.7 Å². The molecular weight excluding hydrogens is 278 g/mol. The van der Waals surface area contributed by atoms with Crippen molar-refractivity contribution in [1.29, 1.82) is 0 Å². The number of urea groups is 1. The van der Waals surface area contributed by atoms with Crippen molar-refractivity contribution in [2.45, 2.75) is 33.7 Å². The summed E-state index contributed by atoms with van der Waals surface area (Å²) in [6.07, 6.45) is 0.970. The Kier molecular flexibility index (Phi) is 9.07. The summed E-state index contributed by atoms with van der Waals surface area (Å²) < 4.78 is 5.39. The van der Waals surface area contributed by atoms with Crippen LogP contribution in [0.15, 0.2) is 24.3 Å². The second-order valence-electron chi connectivity index (χ2n) is 5.07. The lowest BCUT2D eigenvalue weighted by molar-refractivity contribution is 0.239. The Balaban J connectivity index is 2.17. The van der Waals surface area contributed by atoms with Gasteiger partial charge in [-0.25, -0.2) is 4.79 Å². The summed E-state index contributed by atoms with van der Waals surface area (Å²) in [4.78, 5) is 14.1. The van der Waals surface area contributed by atoms with Crippen LogP contribution in [0.25, 0.3) is 0 Å². The molecule has 0 saturated carbocycles. The van der Waals surface area contributed by atoms with Crippen molar-refractivity contribution >= 4 is 6.03 Å². The number of hydrogen-bond acceptors (Lipinski definition) is 3. The highest BCUT2D eigenvalue weighted by Gasteiger charge is 2.02. The number of carbonyl (C=O) groups is 1. The number of rotatable bonds is 10. The van der Waals surface area contributed by atoms with E-state index in [0.717, 1.165) is 37.4 Å². The lowest BCUT2D eigenvalue weighted by Gasteiger charge is -2.17. The van der Waals surface area contributed by atoms with E-state index in [1.54, 1.807) is 0 Å². The summed E-state index contributed by atoms with van der Waals surface area (Å²) in [7, 11) is 0. The number of carbonyl (C=O) groups excluding carboxylic acids is 1. The molecule has 0 aliphatic rings. The summed E-state index contributed by atoms with van der Waals surface area (Å²) >= 11 is 0. The largest absolute Gasteiger partial charge is 0.494 e. The third kappa shape index (κ3) is 7.31. The first-order chi connectivity index (χ1) is 10.7. The van der Waals surface area contributed by atoms with Crippen LogP contribution in [-0.2, 0) is 6.54 Å². The number of benzene rings is 1. The molecule has 0 aliphatic heterocycles. The zero-order valence-electron chi connectivity index (χ0n) is 14.0. The first-order valence-corrected chi connectivity index (χ1v) is 8.15. The summed E-state index contributed by atoms with van der Waals surface area (Å²) in [6, 6.07) is 7.65. The Morgan fingerprint density at radius 3 is 2.36 bits per heavy atom. The number of hydrogen-bond donors (Lipinski definition) is 2. The monoisotopic (exact) mass is 307 g/mol. The molecule has 0 radical (unpaired) electrons. The van der Waals surface area contributed by atoms with E-state index in [0.29, 0.717) is 19.7 Å². The molecular formula is C17H29N3O2. The van der Waals surface area contributed by atoms with Gasteiger partial charge in [-0.1, -0.05) is 26.0 Å². The molecule has 2 N–H and O–H groups in total. The first kappa shape index (κ1) is 18.3. The van der Waals surface area contributed by atoms with Crippen molar-refractivity contribution < 1.29 is 9.53 Å². The molecule has 1 aromatic carbocycles. The molecule has 5 nitrogen and oxygen atoms in total. The molecule has 0 heterocycles. The van der Waals surface area contributed by atoms with Crippen molar-refractivity contribution in [2.75, 3.05) is 32.8 Å². The lowest BCUT2D eigenvalue weighted by Crippen LogP contribution is -2.36. The molecule has 0 aliphatic carbocycles. The summed E-state index contributed by atoms with van der Waals surface area (Å²) in [6.45, 7) is 11.3.